The van der Waals surface area contributed by atoms with Crippen molar-refractivity contribution in [3.8, 4) is 11.5 Å². The van der Waals surface area contributed by atoms with Gasteiger partial charge in [0.05, 0.1) is 18.8 Å². The molecule has 106 valence electrons. The van der Waals surface area contributed by atoms with Crippen LogP contribution < -0.4 is 10.2 Å². The van der Waals surface area contributed by atoms with Gasteiger partial charge in [0.1, 0.15) is 17.1 Å². The molecular formula is C17H14O4. The number of hydrogen-bond acceptors (Lipinski definition) is 4. The molecule has 0 fully saturated rings. The summed E-state index contributed by atoms with van der Waals surface area (Å²) < 4.78 is 10.5. The van der Waals surface area contributed by atoms with Gasteiger partial charge in [-0.2, -0.15) is 0 Å². The minimum Gasteiger partial charge on any atom is -0.508 e. The number of rotatable bonds is 3. The fourth-order valence-corrected chi connectivity index (χ4v) is 2.24. The molecule has 3 aromatic rings. The number of phenols is 1. The average Bonchev–Trinajstić information content (AvgIpc) is 2.51. The van der Waals surface area contributed by atoms with Crippen LogP contribution in [-0.2, 0) is 6.42 Å². The van der Waals surface area contributed by atoms with E-state index >= 15 is 0 Å². The van der Waals surface area contributed by atoms with Crippen LogP contribution in [0.15, 0.2) is 57.9 Å². The van der Waals surface area contributed by atoms with Gasteiger partial charge >= 0.3 is 0 Å². The van der Waals surface area contributed by atoms with Gasteiger partial charge in [0.25, 0.3) is 0 Å². The SMILES string of the molecule is COc1ccc(Cc2coc3cc(O)ccc3c2=O)cc1. The molecule has 0 radical (unpaired) electrons. The largest absolute Gasteiger partial charge is 0.508 e. The van der Waals surface area contributed by atoms with Crippen molar-refractivity contribution in [2.24, 2.45) is 0 Å². The van der Waals surface area contributed by atoms with Crippen LogP contribution in [0.25, 0.3) is 11.0 Å². The molecule has 0 spiro atoms. The van der Waals surface area contributed by atoms with E-state index in [4.69, 9.17) is 9.15 Å². The van der Waals surface area contributed by atoms with E-state index in [-0.39, 0.29) is 11.2 Å². The van der Waals surface area contributed by atoms with Gasteiger partial charge in [-0.25, -0.2) is 0 Å². The Balaban J connectivity index is 1.98. The van der Waals surface area contributed by atoms with Gasteiger partial charge in [-0.05, 0) is 29.8 Å². The molecule has 1 N–H and O–H groups in total. The summed E-state index contributed by atoms with van der Waals surface area (Å²) in [6.07, 6.45) is 1.94. The van der Waals surface area contributed by atoms with Gasteiger partial charge in [-0.15, -0.1) is 0 Å². The summed E-state index contributed by atoms with van der Waals surface area (Å²) in [4.78, 5) is 12.4. The maximum Gasteiger partial charge on any atom is 0.196 e. The summed E-state index contributed by atoms with van der Waals surface area (Å²) in [6, 6.07) is 12.0. The molecule has 0 unspecified atom stereocenters. The molecule has 4 nitrogen and oxygen atoms in total. The van der Waals surface area contributed by atoms with Crippen molar-refractivity contribution >= 4 is 11.0 Å². The Hall–Kier alpha value is -2.75. The van der Waals surface area contributed by atoms with Gasteiger partial charge in [-0.3, -0.25) is 4.79 Å². The van der Waals surface area contributed by atoms with Crippen LogP contribution in [-0.4, -0.2) is 12.2 Å². The molecule has 0 aliphatic carbocycles. The van der Waals surface area contributed by atoms with Gasteiger partial charge in [0.2, 0.25) is 0 Å². The zero-order valence-corrected chi connectivity index (χ0v) is 11.5. The first-order valence-corrected chi connectivity index (χ1v) is 6.54. The fourth-order valence-electron chi connectivity index (χ4n) is 2.24. The predicted octanol–water partition coefficient (Wildman–Crippen LogP) is 3.10. The highest BCUT2D eigenvalue weighted by atomic mass is 16.5. The van der Waals surface area contributed by atoms with Crippen molar-refractivity contribution < 1.29 is 14.3 Å². The number of phenolic OH excluding ortho intramolecular Hbond substituents is 1. The Bertz CT molecular complexity index is 832. The van der Waals surface area contributed by atoms with E-state index in [2.05, 4.69) is 0 Å². The van der Waals surface area contributed by atoms with E-state index in [0.717, 1.165) is 11.3 Å². The van der Waals surface area contributed by atoms with E-state index in [1.165, 1.54) is 18.4 Å². The van der Waals surface area contributed by atoms with E-state index < -0.39 is 0 Å². The first kappa shape index (κ1) is 13.2. The summed E-state index contributed by atoms with van der Waals surface area (Å²) >= 11 is 0. The lowest BCUT2D eigenvalue weighted by Crippen LogP contribution is -2.09. The third kappa shape index (κ3) is 2.60. The van der Waals surface area contributed by atoms with E-state index in [1.807, 2.05) is 24.3 Å². The van der Waals surface area contributed by atoms with Crippen LogP contribution >= 0.6 is 0 Å². The lowest BCUT2D eigenvalue weighted by atomic mass is 10.0. The molecule has 2 aromatic carbocycles. The third-order valence-corrected chi connectivity index (χ3v) is 3.38. The Labute approximate surface area is 121 Å². The Morgan fingerprint density at radius 3 is 2.62 bits per heavy atom. The first-order chi connectivity index (χ1) is 10.2. The van der Waals surface area contributed by atoms with Crippen LogP contribution in [0.5, 0.6) is 11.5 Å². The maximum atomic E-state index is 12.4. The topological polar surface area (TPSA) is 59.7 Å². The Morgan fingerprint density at radius 1 is 1.14 bits per heavy atom. The second-order valence-corrected chi connectivity index (χ2v) is 4.80. The van der Waals surface area contributed by atoms with Crippen molar-refractivity contribution in [1.29, 1.82) is 0 Å². The molecule has 0 bridgehead atoms. The second kappa shape index (κ2) is 5.32. The minimum absolute atomic E-state index is 0.0768. The van der Waals surface area contributed by atoms with Crippen molar-refractivity contribution in [1.82, 2.24) is 0 Å². The number of fused-ring (bicyclic) bond motifs is 1. The predicted molar refractivity (Wildman–Crippen MR) is 79.9 cm³/mol. The number of methoxy groups -OCH3 is 1. The minimum atomic E-state index is -0.0768. The first-order valence-electron chi connectivity index (χ1n) is 6.54. The third-order valence-electron chi connectivity index (χ3n) is 3.38. The van der Waals surface area contributed by atoms with Gasteiger partial charge < -0.3 is 14.3 Å². The Kier molecular flexibility index (Phi) is 3.36. The van der Waals surface area contributed by atoms with Crippen LogP contribution in [0.1, 0.15) is 11.1 Å². The van der Waals surface area contributed by atoms with Crippen molar-refractivity contribution in [3.63, 3.8) is 0 Å². The highest BCUT2D eigenvalue weighted by Gasteiger charge is 2.08. The summed E-state index contributed by atoms with van der Waals surface area (Å²) in [5.74, 6) is 0.855. The molecule has 0 saturated carbocycles. The van der Waals surface area contributed by atoms with Crippen LogP contribution in [0.4, 0.5) is 0 Å². The molecule has 0 aliphatic heterocycles. The molecule has 0 amide bonds. The van der Waals surface area contributed by atoms with Crippen molar-refractivity contribution in [2.45, 2.75) is 6.42 Å². The smallest absolute Gasteiger partial charge is 0.196 e. The van der Waals surface area contributed by atoms with E-state index in [1.54, 1.807) is 13.2 Å². The van der Waals surface area contributed by atoms with Gasteiger partial charge in [0.15, 0.2) is 5.43 Å². The van der Waals surface area contributed by atoms with E-state index in [9.17, 15) is 9.90 Å². The number of aromatic hydroxyl groups is 1. The monoisotopic (exact) mass is 282 g/mol. The number of benzene rings is 2. The van der Waals surface area contributed by atoms with Gasteiger partial charge in [-0.1, -0.05) is 12.1 Å². The molecule has 0 saturated heterocycles. The molecule has 1 aromatic heterocycles. The molecule has 0 aliphatic rings. The summed E-state index contributed by atoms with van der Waals surface area (Å²) in [7, 11) is 1.61. The zero-order chi connectivity index (χ0) is 14.8. The van der Waals surface area contributed by atoms with E-state index in [0.29, 0.717) is 23.0 Å². The summed E-state index contributed by atoms with van der Waals surface area (Å²) in [6.45, 7) is 0. The second-order valence-electron chi connectivity index (χ2n) is 4.80. The van der Waals surface area contributed by atoms with Gasteiger partial charge in [0, 0.05) is 18.1 Å². The van der Waals surface area contributed by atoms with Crippen molar-refractivity contribution in [2.75, 3.05) is 7.11 Å². The zero-order valence-electron chi connectivity index (χ0n) is 11.5. The lowest BCUT2D eigenvalue weighted by molar-refractivity contribution is 0.414. The van der Waals surface area contributed by atoms with Crippen molar-refractivity contribution in [3.05, 3.63) is 70.1 Å². The normalized spacial score (nSPS) is 10.7. The summed E-state index contributed by atoms with van der Waals surface area (Å²) in [5, 5.41) is 9.87. The molecule has 4 heteroatoms. The van der Waals surface area contributed by atoms with Crippen LogP contribution in [0.2, 0.25) is 0 Å². The van der Waals surface area contributed by atoms with Crippen LogP contribution in [0, 0.1) is 0 Å². The fraction of sp³-hybridized carbons (Fsp3) is 0.118. The highest BCUT2D eigenvalue weighted by molar-refractivity contribution is 5.78. The average molecular weight is 282 g/mol. The maximum absolute atomic E-state index is 12.4. The number of ether oxygens (including phenoxy) is 1. The molecule has 3 rings (SSSR count). The quantitative estimate of drug-likeness (QED) is 0.802. The lowest BCUT2D eigenvalue weighted by Gasteiger charge is -2.04. The standard InChI is InChI=1S/C17H14O4/c1-20-14-5-2-11(3-6-14)8-12-10-21-16-9-13(18)4-7-15(16)17(12)19/h2-7,9-10,18H,8H2,1H3. The summed E-state index contributed by atoms with van der Waals surface area (Å²) in [5.41, 5.74) is 1.89. The molecule has 21 heavy (non-hydrogen) atoms. The Morgan fingerprint density at radius 2 is 1.90 bits per heavy atom. The number of hydrogen-bond donors (Lipinski definition) is 1. The molecule has 1 heterocycles. The van der Waals surface area contributed by atoms with Crippen LogP contribution in [0.3, 0.4) is 0 Å². The molecule has 0 atom stereocenters. The highest BCUT2D eigenvalue weighted by Crippen LogP contribution is 2.19. The molecular weight excluding hydrogens is 268 g/mol.